The number of aromatic nitrogens is 2. The van der Waals surface area contributed by atoms with E-state index >= 15 is 0 Å². The number of nitrogens with zero attached hydrogens (tertiary/aromatic N) is 2. The van der Waals surface area contributed by atoms with Crippen LogP contribution in [-0.2, 0) is 19.9 Å². The predicted octanol–water partition coefficient (Wildman–Crippen LogP) is 5.06. The van der Waals surface area contributed by atoms with E-state index in [4.69, 9.17) is 25.2 Å². The van der Waals surface area contributed by atoms with E-state index in [0.717, 1.165) is 34.4 Å². The molecule has 4 aromatic rings. The number of rotatable bonds is 11. The van der Waals surface area contributed by atoms with Crippen LogP contribution >= 0.6 is 30.5 Å². The lowest BCUT2D eigenvalue weighted by molar-refractivity contribution is 0.160. The molecule has 0 radical (unpaired) electrons. The summed E-state index contributed by atoms with van der Waals surface area (Å²) >= 11 is 2.84. The van der Waals surface area contributed by atoms with Crippen LogP contribution in [0.2, 0.25) is 0 Å². The average Bonchev–Trinajstić information content (AvgIpc) is 3.48. The van der Waals surface area contributed by atoms with Crippen LogP contribution in [0.15, 0.2) is 46.1 Å². The summed E-state index contributed by atoms with van der Waals surface area (Å²) in [4.78, 5) is 27.4. The third kappa shape index (κ3) is 6.34. The molecule has 0 saturated carbocycles. The molecular weight excluding hydrogens is 529 g/mol. The van der Waals surface area contributed by atoms with Crippen molar-refractivity contribution in [2.45, 2.75) is 24.0 Å². The van der Waals surface area contributed by atoms with Gasteiger partial charge in [0.2, 0.25) is 0 Å². The number of thiophene rings is 1. The Morgan fingerprint density at radius 1 is 1.20 bits per heavy atom. The normalized spacial score (nSPS) is 12.8. The maximum absolute atomic E-state index is 12.9. The third-order valence-corrected chi connectivity index (χ3v) is 9.29. The molecule has 4 N–H and O–H groups in total. The maximum atomic E-state index is 12.9. The Bertz CT molecular complexity index is 1370. The molecule has 0 amide bonds. The largest absolute Gasteiger partial charge is 0.491 e. The Hall–Kier alpha value is -2.18. The van der Waals surface area contributed by atoms with Crippen LogP contribution in [-0.4, -0.2) is 42.9 Å². The topological polar surface area (TPSA) is 145 Å². The van der Waals surface area contributed by atoms with Crippen molar-refractivity contribution in [2.75, 3.05) is 24.7 Å². The fourth-order valence-electron chi connectivity index (χ4n) is 3.37. The van der Waals surface area contributed by atoms with Crippen LogP contribution in [0, 0.1) is 0 Å². The Labute approximate surface area is 212 Å². The van der Waals surface area contributed by atoms with E-state index < -0.39 is 18.6 Å². The smallest absolute Gasteiger partial charge is 0.469 e. The molecule has 0 bridgehead atoms. The first-order valence-electron chi connectivity index (χ1n) is 10.7. The van der Waals surface area contributed by atoms with Crippen LogP contribution in [0.5, 0.6) is 5.75 Å². The first-order valence-corrected chi connectivity index (χ1v) is 15.3. The number of pyridine rings is 1. The summed E-state index contributed by atoms with van der Waals surface area (Å²) in [5.74, 6) is 1.08. The van der Waals surface area contributed by atoms with Crippen molar-refractivity contribution in [3.63, 3.8) is 0 Å². The molecular formula is C22H24N3O6PS3. The molecule has 0 aliphatic carbocycles. The lowest BCUT2D eigenvalue weighted by atomic mass is 10.0. The number of phosphoric acid groups is 1. The molecule has 9 nitrogen and oxygen atoms in total. The predicted molar refractivity (Wildman–Crippen MR) is 140 cm³/mol. The van der Waals surface area contributed by atoms with Gasteiger partial charge in [0.05, 0.1) is 23.1 Å². The van der Waals surface area contributed by atoms with Crippen molar-refractivity contribution in [1.82, 2.24) is 9.97 Å². The van der Waals surface area contributed by atoms with Gasteiger partial charge in [-0.1, -0.05) is 25.5 Å². The van der Waals surface area contributed by atoms with Gasteiger partial charge in [0.25, 0.3) is 0 Å². The highest BCUT2D eigenvalue weighted by atomic mass is 32.2. The van der Waals surface area contributed by atoms with Crippen LogP contribution in [0.25, 0.3) is 32.0 Å². The van der Waals surface area contributed by atoms with Gasteiger partial charge in [0.15, 0.2) is 0 Å². The number of thiazole rings is 1. The second-order valence-corrected chi connectivity index (χ2v) is 12.4. The molecule has 4 rings (SSSR count). The lowest BCUT2D eigenvalue weighted by Crippen LogP contribution is -2.05. The lowest BCUT2D eigenvalue weighted by Gasteiger charge is -2.10. The number of nitrogens with two attached hydrogens (primary N) is 1. The molecule has 0 saturated heterocycles. The van der Waals surface area contributed by atoms with Crippen molar-refractivity contribution < 1.29 is 27.8 Å². The van der Waals surface area contributed by atoms with Gasteiger partial charge in [-0.05, 0) is 35.7 Å². The van der Waals surface area contributed by atoms with Gasteiger partial charge in [-0.2, -0.15) is 0 Å². The first kappa shape index (κ1) is 25.9. The molecule has 1 aromatic carbocycles. The monoisotopic (exact) mass is 553 g/mol. The van der Waals surface area contributed by atoms with Gasteiger partial charge in [-0.25, -0.2) is 14.5 Å². The molecule has 1 atom stereocenters. The third-order valence-electron chi connectivity index (χ3n) is 4.98. The number of ether oxygens (including phenoxy) is 1. The Kier molecular flexibility index (Phi) is 8.33. The molecule has 1 unspecified atom stereocenters. The molecule has 0 aliphatic rings. The van der Waals surface area contributed by atoms with Crippen LogP contribution in [0.1, 0.15) is 19.8 Å². The molecule has 3 heterocycles. The highest BCUT2D eigenvalue weighted by Gasteiger charge is 2.21. The van der Waals surface area contributed by atoms with Gasteiger partial charge in [0, 0.05) is 22.7 Å². The number of nitrogen functional groups attached to an aromatic ring is 1. The summed E-state index contributed by atoms with van der Waals surface area (Å²) in [7, 11) is -5.72. The number of hydrogen-bond donors (Lipinski definition) is 3. The second kappa shape index (κ2) is 11.3. The van der Waals surface area contributed by atoms with E-state index in [9.17, 15) is 8.77 Å². The van der Waals surface area contributed by atoms with Crippen molar-refractivity contribution >= 4 is 57.2 Å². The van der Waals surface area contributed by atoms with E-state index in [1.165, 1.54) is 22.7 Å². The molecule has 0 spiro atoms. The van der Waals surface area contributed by atoms with Crippen LogP contribution < -0.4 is 10.5 Å². The van der Waals surface area contributed by atoms with E-state index in [0.29, 0.717) is 31.9 Å². The van der Waals surface area contributed by atoms with Gasteiger partial charge in [-0.15, -0.1) is 22.7 Å². The Morgan fingerprint density at radius 3 is 2.63 bits per heavy atom. The van der Waals surface area contributed by atoms with Crippen molar-refractivity contribution in [2.24, 2.45) is 0 Å². The summed E-state index contributed by atoms with van der Waals surface area (Å²) in [5.41, 5.74) is 9.44. The zero-order chi connectivity index (χ0) is 25.0. The summed E-state index contributed by atoms with van der Waals surface area (Å²) in [5, 5.41) is 3.43. The van der Waals surface area contributed by atoms with Gasteiger partial charge in [0.1, 0.15) is 32.1 Å². The number of benzene rings is 1. The number of fused-ring (bicyclic) bond motifs is 1. The van der Waals surface area contributed by atoms with Gasteiger partial charge >= 0.3 is 7.82 Å². The maximum Gasteiger partial charge on any atom is 0.469 e. The molecule has 35 heavy (non-hydrogen) atoms. The summed E-state index contributed by atoms with van der Waals surface area (Å²) in [6.45, 7) is 1.81. The summed E-state index contributed by atoms with van der Waals surface area (Å²) < 4.78 is 34.2. The number of anilines is 1. The highest BCUT2D eigenvalue weighted by Crippen LogP contribution is 2.43. The van der Waals surface area contributed by atoms with E-state index in [1.807, 2.05) is 23.6 Å². The van der Waals surface area contributed by atoms with Crippen molar-refractivity contribution in [3.05, 3.63) is 41.9 Å². The molecule has 0 fully saturated rings. The zero-order valence-corrected chi connectivity index (χ0v) is 22.1. The minimum atomic E-state index is -4.52. The second-order valence-electron chi connectivity index (χ2n) is 7.48. The molecule has 3 aromatic heterocycles. The van der Waals surface area contributed by atoms with E-state index in [2.05, 4.69) is 16.4 Å². The molecule has 0 aliphatic heterocycles. The van der Waals surface area contributed by atoms with Crippen LogP contribution in [0.4, 0.5) is 5.69 Å². The highest BCUT2D eigenvalue weighted by molar-refractivity contribution is 7.87. The number of unbranched alkanes of at least 4 members (excludes halogenated alkanes) is 1. The summed E-state index contributed by atoms with van der Waals surface area (Å²) in [6.07, 6.45) is 3.53. The van der Waals surface area contributed by atoms with Gasteiger partial charge in [-0.3, -0.25) is 8.73 Å². The SMILES string of the molecule is CCCCS(=O)c1sc2nc(-c3nccs3)cc(-c3ccc(OCCOP(=O)(O)O)cc3)c2c1N. The zero-order valence-electron chi connectivity index (χ0n) is 18.7. The van der Waals surface area contributed by atoms with E-state index in [1.54, 1.807) is 18.3 Å². The number of hydrogen-bond acceptors (Lipinski definition) is 9. The number of phosphoric ester groups is 1. The van der Waals surface area contributed by atoms with Crippen molar-refractivity contribution in [3.8, 4) is 27.6 Å². The Morgan fingerprint density at radius 2 is 1.97 bits per heavy atom. The minimum Gasteiger partial charge on any atom is -0.491 e. The standard InChI is InChI=1S/C22H24N3O6PS3/c1-2-3-12-35(29)22-19(23)18-16(13-17(25-21(18)34-22)20-24-8-11-33-20)14-4-6-15(7-5-14)30-9-10-31-32(26,27)28/h4-8,11,13H,2-3,9-10,12,23H2,1H3,(H2,26,27,28). The summed E-state index contributed by atoms with van der Waals surface area (Å²) in [6, 6.07) is 9.18. The van der Waals surface area contributed by atoms with Crippen LogP contribution in [0.3, 0.4) is 0 Å². The average molecular weight is 554 g/mol. The van der Waals surface area contributed by atoms with E-state index in [-0.39, 0.29) is 13.2 Å². The minimum absolute atomic E-state index is 0.0113. The molecule has 13 heteroatoms. The first-order chi connectivity index (χ1) is 16.8. The van der Waals surface area contributed by atoms with Crippen molar-refractivity contribution in [1.29, 1.82) is 0 Å². The fourth-order valence-corrected chi connectivity index (χ4v) is 7.08. The fraction of sp³-hybridized carbons (Fsp3) is 0.273. The quantitative estimate of drug-likeness (QED) is 0.171. The molecule has 186 valence electrons. The Balaban J connectivity index is 1.69. The van der Waals surface area contributed by atoms with Gasteiger partial charge < -0.3 is 20.3 Å².